The molecule has 1 unspecified atom stereocenters. The molecular formula is C10H17NO2. The molecule has 1 amide bonds. The van der Waals surface area contributed by atoms with Crippen LogP contribution in [0, 0.1) is 0 Å². The van der Waals surface area contributed by atoms with E-state index in [0.29, 0.717) is 12.6 Å². The van der Waals surface area contributed by atoms with Crippen LogP contribution in [-0.2, 0) is 9.53 Å². The van der Waals surface area contributed by atoms with E-state index in [1.807, 2.05) is 6.92 Å². The molecule has 74 valence electrons. The largest absolute Gasteiger partial charge is 0.372 e. The van der Waals surface area contributed by atoms with Gasteiger partial charge in [-0.1, -0.05) is 12.2 Å². The van der Waals surface area contributed by atoms with Gasteiger partial charge >= 0.3 is 0 Å². The van der Waals surface area contributed by atoms with Crippen LogP contribution in [0.3, 0.4) is 0 Å². The molecule has 13 heavy (non-hydrogen) atoms. The van der Waals surface area contributed by atoms with Crippen LogP contribution in [0.4, 0.5) is 0 Å². The van der Waals surface area contributed by atoms with Gasteiger partial charge in [-0.15, -0.1) is 0 Å². The van der Waals surface area contributed by atoms with Gasteiger partial charge in [-0.2, -0.15) is 0 Å². The van der Waals surface area contributed by atoms with Crippen molar-refractivity contribution in [1.29, 1.82) is 0 Å². The molecule has 0 spiro atoms. The minimum Gasteiger partial charge on any atom is -0.372 e. The lowest BCUT2D eigenvalue weighted by Crippen LogP contribution is -2.37. The summed E-state index contributed by atoms with van der Waals surface area (Å²) < 4.78 is 5.01. The third-order valence-electron chi connectivity index (χ3n) is 2.07. The van der Waals surface area contributed by atoms with Crippen LogP contribution >= 0.6 is 0 Å². The highest BCUT2D eigenvalue weighted by Crippen LogP contribution is 2.09. The van der Waals surface area contributed by atoms with Crippen molar-refractivity contribution in [3.63, 3.8) is 0 Å². The lowest BCUT2D eigenvalue weighted by molar-refractivity contribution is -0.126. The van der Waals surface area contributed by atoms with Crippen LogP contribution in [0.5, 0.6) is 0 Å². The van der Waals surface area contributed by atoms with Gasteiger partial charge in [-0.3, -0.25) is 4.79 Å². The van der Waals surface area contributed by atoms with E-state index in [0.717, 1.165) is 19.3 Å². The summed E-state index contributed by atoms with van der Waals surface area (Å²) in [7, 11) is 0. The topological polar surface area (TPSA) is 38.3 Å². The molecule has 0 aliphatic heterocycles. The highest BCUT2D eigenvalue weighted by molar-refractivity contribution is 5.77. The van der Waals surface area contributed by atoms with Crippen molar-refractivity contribution in [2.75, 3.05) is 13.2 Å². The summed E-state index contributed by atoms with van der Waals surface area (Å²) >= 11 is 0. The molecule has 1 N–H and O–H groups in total. The molecule has 0 aromatic rings. The molecule has 0 radical (unpaired) electrons. The molecule has 0 aromatic heterocycles. The van der Waals surface area contributed by atoms with E-state index in [-0.39, 0.29) is 12.5 Å². The van der Waals surface area contributed by atoms with E-state index in [4.69, 9.17) is 4.74 Å². The van der Waals surface area contributed by atoms with E-state index in [9.17, 15) is 4.79 Å². The van der Waals surface area contributed by atoms with Crippen LogP contribution in [-0.4, -0.2) is 25.2 Å². The maximum atomic E-state index is 11.2. The SMILES string of the molecule is CCOCC(=O)NC1CC=CCC1. The van der Waals surface area contributed by atoms with Gasteiger partial charge in [0.05, 0.1) is 0 Å². The number of carbonyl (C=O) groups excluding carboxylic acids is 1. The maximum absolute atomic E-state index is 11.2. The summed E-state index contributed by atoms with van der Waals surface area (Å²) in [5.74, 6) is 0.00199. The van der Waals surface area contributed by atoms with Crippen LogP contribution in [0.2, 0.25) is 0 Å². The first-order valence-corrected chi connectivity index (χ1v) is 4.85. The highest BCUT2D eigenvalue weighted by Gasteiger charge is 2.12. The first-order chi connectivity index (χ1) is 6.33. The van der Waals surface area contributed by atoms with E-state index < -0.39 is 0 Å². The second-order valence-electron chi connectivity index (χ2n) is 3.19. The van der Waals surface area contributed by atoms with Crippen LogP contribution < -0.4 is 5.32 Å². The number of ether oxygens (including phenoxy) is 1. The van der Waals surface area contributed by atoms with Crippen molar-refractivity contribution in [1.82, 2.24) is 5.32 Å². The molecule has 3 heteroatoms. The molecule has 0 heterocycles. The fourth-order valence-electron chi connectivity index (χ4n) is 1.39. The molecule has 0 saturated carbocycles. The number of rotatable bonds is 4. The Kier molecular flexibility index (Phi) is 4.54. The first kappa shape index (κ1) is 10.3. The van der Waals surface area contributed by atoms with Crippen molar-refractivity contribution in [3.8, 4) is 0 Å². The fraction of sp³-hybridized carbons (Fsp3) is 0.700. The van der Waals surface area contributed by atoms with Gasteiger partial charge in [-0.05, 0) is 26.2 Å². The zero-order valence-electron chi connectivity index (χ0n) is 8.08. The highest BCUT2D eigenvalue weighted by atomic mass is 16.5. The smallest absolute Gasteiger partial charge is 0.246 e. The predicted molar refractivity (Wildman–Crippen MR) is 51.4 cm³/mol. The predicted octanol–water partition coefficient (Wildman–Crippen LogP) is 1.25. The van der Waals surface area contributed by atoms with Crippen molar-refractivity contribution >= 4 is 5.91 Å². The van der Waals surface area contributed by atoms with Crippen LogP contribution in [0.25, 0.3) is 0 Å². The first-order valence-electron chi connectivity index (χ1n) is 4.85. The molecule has 3 nitrogen and oxygen atoms in total. The standard InChI is InChI=1S/C10H17NO2/c1-2-13-8-10(12)11-9-6-4-3-5-7-9/h3-4,9H,2,5-8H2,1H3,(H,11,12). The van der Waals surface area contributed by atoms with Gasteiger partial charge in [0.1, 0.15) is 6.61 Å². The van der Waals surface area contributed by atoms with E-state index in [1.54, 1.807) is 0 Å². The van der Waals surface area contributed by atoms with E-state index >= 15 is 0 Å². The van der Waals surface area contributed by atoms with Crippen molar-refractivity contribution in [3.05, 3.63) is 12.2 Å². The summed E-state index contributed by atoms with van der Waals surface area (Å²) in [5.41, 5.74) is 0. The average molecular weight is 183 g/mol. The molecule has 1 aliphatic carbocycles. The van der Waals surface area contributed by atoms with Gasteiger partial charge in [0, 0.05) is 12.6 Å². The van der Waals surface area contributed by atoms with E-state index in [1.165, 1.54) is 0 Å². The lowest BCUT2D eigenvalue weighted by Gasteiger charge is -2.19. The van der Waals surface area contributed by atoms with Gasteiger partial charge in [0.25, 0.3) is 0 Å². The van der Waals surface area contributed by atoms with Gasteiger partial charge in [-0.25, -0.2) is 0 Å². The van der Waals surface area contributed by atoms with Crippen molar-refractivity contribution in [2.24, 2.45) is 0 Å². The normalized spacial score (nSPS) is 21.5. The van der Waals surface area contributed by atoms with Crippen molar-refractivity contribution < 1.29 is 9.53 Å². The van der Waals surface area contributed by atoms with Crippen LogP contribution in [0.1, 0.15) is 26.2 Å². The minimum atomic E-state index is 0.00199. The average Bonchev–Trinajstić information content (AvgIpc) is 2.16. The molecule has 1 aliphatic rings. The number of hydrogen-bond donors (Lipinski definition) is 1. The number of carbonyl (C=O) groups is 1. The third-order valence-corrected chi connectivity index (χ3v) is 2.07. The summed E-state index contributed by atoms with van der Waals surface area (Å²) in [5, 5.41) is 2.94. The lowest BCUT2D eigenvalue weighted by atomic mass is 10.0. The molecule has 1 atom stereocenters. The summed E-state index contributed by atoms with van der Waals surface area (Å²) in [6, 6.07) is 0.318. The summed E-state index contributed by atoms with van der Waals surface area (Å²) in [6.45, 7) is 2.67. The monoisotopic (exact) mass is 183 g/mol. The Labute approximate surface area is 79.2 Å². The second kappa shape index (κ2) is 5.75. The quantitative estimate of drug-likeness (QED) is 0.666. The zero-order valence-corrected chi connectivity index (χ0v) is 8.08. The summed E-state index contributed by atoms with van der Waals surface area (Å²) in [4.78, 5) is 11.2. The number of amides is 1. The minimum absolute atomic E-state index is 0.00199. The molecule has 1 rings (SSSR count). The number of nitrogens with one attached hydrogen (secondary N) is 1. The molecule has 0 bridgehead atoms. The zero-order chi connectivity index (χ0) is 9.52. The summed E-state index contributed by atoms with van der Waals surface area (Å²) in [6.07, 6.45) is 7.35. The Hall–Kier alpha value is -0.830. The maximum Gasteiger partial charge on any atom is 0.246 e. The van der Waals surface area contributed by atoms with Gasteiger partial charge in [0.15, 0.2) is 0 Å². The Morgan fingerprint density at radius 3 is 3.08 bits per heavy atom. The van der Waals surface area contributed by atoms with Crippen molar-refractivity contribution in [2.45, 2.75) is 32.2 Å². The molecule has 0 fully saturated rings. The van der Waals surface area contributed by atoms with Gasteiger partial charge in [0.2, 0.25) is 5.91 Å². The van der Waals surface area contributed by atoms with Gasteiger partial charge < -0.3 is 10.1 Å². The Morgan fingerprint density at radius 1 is 1.62 bits per heavy atom. The Morgan fingerprint density at radius 2 is 2.46 bits per heavy atom. The third kappa shape index (κ3) is 4.08. The fourth-order valence-corrected chi connectivity index (χ4v) is 1.39. The van der Waals surface area contributed by atoms with E-state index in [2.05, 4.69) is 17.5 Å². The second-order valence-corrected chi connectivity index (χ2v) is 3.19. The molecule has 0 aromatic carbocycles. The number of allylic oxidation sites excluding steroid dienone is 1. The molecular weight excluding hydrogens is 166 g/mol. The number of hydrogen-bond acceptors (Lipinski definition) is 2. The molecule has 0 saturated heterocycles. The Bertz CT molecular complexity index is 189. The Balaban J connectivity index is 2.15. The van der Waals surface area contributed by atoms with Crippen LogP contribution in [0.15, 0.2) is 12.2 Å².